The first-order chi connectivity index (χ1) is 9.45. The predicted octanol–water partition coefficient (Wildman–Crippen LogP) is 1.94. The predicted molar refractivity (Wildman–Crippen MR) is 71.3 cm³/mol. The number of rotatable bonds is 11. The van der Waals surface area contributed by atoms with Crippen LogP contribution in [0.25, 0.3) is 0 Å². The van der Waals surface area contributed by atoms with Gasteiger partial charge in [-0.3, -0.25) is 9.59 Å². The minimum Gasteiger partial charge on any atom is -0.459 e. The fourth-order valence-electron chi connectivity index (χ4n) is 1.35. The van der Waals surface area contributed by atoms with Crippen LogP contribution in [0.4, 0.5) is 0 Å². The number of ether oxygens (including phenoxy) is 2. The molecule has 6 nitrogen and oxygen atoms in total. The lowest BCUT2D eigenvalue weighted by Gasteiger charge is -2.03. The molecule has 0 aliphatic carbocycles. The van der Waals surface area contributed by atoms with E-state index in [0.717, 1.165) is 25.7 Å². The monoisotopic (exact) mass is 326 g/mol. The number of unbranched alkanes of at least 4 members (excludes halogenated alkanes) is 5. The zero-order valence-corrected chi connectivity index (χ0v) is 12.4. The molecule has 20 heavy (non-hydrogen) atoms. The fraction of sp³-hybridized carbons (Fsp3) is 0.667. The zero-order valence-electron chi connectivity index (χ0n) is 10.9. The van der Waals surface area contributed by atoms with Crippen molar-refractivity contribution in [2.75, 3.05) is 13.2 Å². The number of esters is 2. The highest BCUT2D eigenvalue weighted by Crippen LogP contribution is 2.06. The van der Waals surface area contributed by atoms with Crippen molar-refractivity contribution in [1.29, 1.82) is 0 Å². The molecule has 8 heteroatoms. The van der Waals surface area contributed by atoms with Crippen LogP contribution >= 0.6 is 23.2 Å². The Morgan fingerprint density at radius 2 is 0.900 bits per heavy atom. The van der Waals surface area contributed by atoms with Crippen LogP contribution in [0.15, 0.2) is 0 Å². The molecule has 0 rings (SSSR count). The van der Waals surface area contributed by atoms with E-state index in [9.17, 15) is 19.2 Å². The summed E-state index contributed by atoms with van der Waals surface area (Å²) in [6.07, 6.45) is 4.87. The average Bonchev–Trinajstić information content (AvgIpc) is 2.39. The first-order valence-electron chi connectivity index (χ1n) is 6.18. The topological polar surface area (TPSA) is 86.7 Å². The highest BCUT2D eigenvalue weighted by atomic mass is 35.5. The molecule has 0 fully saturated rings. The summed E-state index contributed by atoms with van der Waals surface area (Å²) in [5, 5.41) is -2.23. The van der Waals surface area contributed by atoms with Gasteiger partial charge in [-0.15, -0.1) is 0 Å². The Bertz CT molecular complexity index is 322. The van der Waals surface area contributed by atoms with Crippen LogP contribution < -0.4 is 0 Å². The smallest absolute Gasteiger partial charge is 0.391 e. The van der Waals surface area contributed by atoms with Gasteiger partial charge in [-0.25, -0.2) is 9.59 Å². The van der Waals surface area contributed by atoms with E-state index in [1.807, 2.05) is 0 Å². The summed E-state index contributed by atoms with van der Waals surface area (Å²) in [6.45, 7) is 0.347. The molecule has 0 aliphatic rings. The largest absolute Gasteiger partial charge is 0.459 e. The van der Waals surface area contributed by atoms with Crippen molar-refractivity contribution in [3.05, 3.63) is 0 Å². The maximum Gasteiger partial charge on any atom is 0.391 e. The fourth-order valence-corrected chi connectivity index (χ4v) is 1.46. The van der Waals surface area contributed by atoms with Gasteiger partial charge in [0.1, 0.15) is 0 Å². The molecule has 0 aliphatic heterocycles. The summed E-state index contributed by atoms with van der Waals surface area (Å²) in [7, 11) is 0. The summed E-state index contributed by atoms with van der Waals surface area (Å²) in [6, 6.07) is 0. The Labute approximate surface area is 126 Å². The van der Waals surface area contributed by atoms with Gasteiger partial charge in [-0.2, -0.15) is 0 Å². The Balaban J connectivity index is 3.25. The van der Waals surface area contributed by atoms with E-state index in [1.165, 1.54) is 0 Å². The second kappa shape index (κ2) is 11.7. The third-order valence-electron chi connectivity index (χ3n) is 2.33. The first-order valence-corrected chi connectivity index (χ1v) is 6.94. The van der Waals surface area contributed by atoms with Crippen molar-refractivity contribution in [2.24, 2.45) is 0 Å². The molecule has 0 bridgehead atoms. The quantitative estimate of drug-likeness (QED) is 0.249. The van der Waals surface area contributed by atoms with E-state index in [4.69, 9.17) is 23.2 Å². The van der Waals surface area contributed by atoms with Crippen LogP contribution in [-0.4, -0.2) is 35.6 Å². The van der Waals surface area contributed by atoms with Gasteiger partial charge in [-0.1, -0.05) is 25.7 Å². The standard InChI is InChI=1S/C12H16Cl2O6/c13-9(15)11(17)19-7-5-3-1-2-4-6-8-20-12(18)10(14)16/h1-8H2. The summed E-state index contributed by atoms with van der Waals surface area (Å²) in [5.74, 6) is -2.05. The molecule has 0 amide bonds. The highest BCUT2D eigenvalue weighted by Gasteiger charge is 2.11. The number of carbonyl (C=O) groups excluding carboxylic acids is 4. The zero-order chi connectivity index (χ0) is 15.4. The Kier molecular flexibility index (Phi) is 11.0. The van der Waals surface area contributed by atoms with Crippen LogP contribution in [0.1, 0.15) is 38.5 Å². The molecule has 0 heterocycles. The van der Waals surface area contributed by atoms with Gasteiger partial charge in [0.2, 0.25) is 0 Å². The highest BCUT2D eigenvalue weighted by molar-refractivity contribution is 6.80. The van der Waals surface area contributed by atoms with Crippen LogP contribution in [0.2, 0.25) is 0 Å². The molecule has 0 aromatic heterocycles. The summed E-state index contributed by atoms with van der Waals surface area (Å²) in [4.78, 5) is 42.0. The second-order valence-electron chi connectivity index (χ2n) is 3.94. The van der Waals surface area contributed by atoms with E-state index in [0.29, 0.717) is 12.8 Å². The van der Waals surface area contributed by atoms with E-state index in [-0.39, 0.29) is 13.2 Å². The van der Waals surface area contributed by atoms with Crippen molar-refractivity contribution >= 4 is 45.6 Å². The van der Waals surface area contributed by atoms with Gasteiger partial charge in [0.25, 0.3) is 0 Å². The van der Waals surface area contributed by atoms with Crippen LogP contribution in [0.5, 0.6) is 0 Å². The molecule has 0 aromatic rings. The number of hydrogen-bond donors (Lipinski definition) is 0. The van der Waals surface area contributed by atoms with Crippen molar-refractivity contribution in [3.8, 4) is 0 Å². The summed E-state index contributed by atoms with van der Waals surface area (Å²) < 4.78 is 9.15. The summed E-state index contributed by atoms with van der Waals surface area (Å²) >= 11 is 9.80. The number of hydrogen-bond acceptors (Lipinski definition) is 6. The van der Waals surface area contributed by atoms with Crippen molar-refractivity contribution in [3.63, 3.8) is 0 Å². The molecular weight excluding hydrogens is 311 g/mol. The lowest BCUT2D eigenvalue weighted by atomic mass is 10.1. The second-order valence-corrected chi connectivity index (χ2v) is 4.63. The molecule has 114 valence electrons. The van der Waals surface area contributed by atoms with E-state index >= 15 is 0 Å². The summed E-state index contributed by atoms with van der Waals surface area (Å²) in [5.41, 5.74) is 0. The Morgan fingerprint density at radius 1 is 0.600 bits per heavy atom. The third kappa shape index (κ3) is 10.8. The van der Waals surface area contributed by atoms with Crippen molar-refractivity contribution < 1.29 is 28.7 Å². The average molecular weight is 327 g/mol. The molecule has 0 unspecified atom stereocenters. The van der Waals surface area contributed by atoms with Gasteiger partial charge in [0, 0.05) is 0 Å². The first kappa shape index (κ1) is 18.9. The van der Waals surface area contributed by atoms with Crippen molar-refractivity contribution in [2.45, 2.75) is 38.5 Å². The Morgan fingerprint density at radius 3 is 1.20 bits per heavy atom. The van der Waals surface area contributed by atoms with Gasteiger partial charge >= 0.3 is 22.4 Å². The third-order valence-corrected chi connectivity index (χ3v) is 2.63. The van der Waals surface area contributed by atoms with E-state index < -0.39 is 22.4 Å². The van der Waals surface area contributed by atoms with Crippen LogP contribution in [0.3, 0.4) is 0 Å². The molecule has 0 saturated carbocycles. The Hall–Kier alpha value is -1.14. The number of halogens is 2. The molecule has 0 spiro atoms. The molecule has 0 N–H and O–H groups in total. The lowest BCUT2D eigenvalue weighted by molar-refractivity contribution is -0.150. The molecule has 0 atom stereocenters. The van der Waals surface area contributed by atoms with Crippen molar-refractivity contribution in [1.82, 2.24) is 0 Å². The van der Waals surface area contributed by atoms with E-state index in [1.54, 1.807) is 0 Å². The maximum absolute atomic E-state index is 10.7. The molecule has 0 aromatic carbocycles. The minimum absolute atomic E-state index is 0.173. The maximum atomic E-state index is 10.7. The van der Waals surface area contributed by atoms with Crippen LogP contribution in [0, 0.1) is 0 Å². The molecule has 0 radical (unpaired) electrons. The van der Waals surface area contributed by atoms with Gasteiger partial charge in [-0.05, 0) is 36.0 Å². The molecule has 0 saturated heterocycles. The number of carbonyl (C=O) groups is 4. The normalized spacial score (nSPS) is 9.90. The van der Waals surface area contributed by atoms with Gasteiger partial charge < -0.3 is 9.47 Å². The minimum atomic E-state index is -1.12. The van der Waals surface area contributed by atoms with Gasteiger partial charge in [0.15, 0.2) is 0 Å². The molecular formula is C12H16Cl2O6. The lowest BCUT2D eigenvalue weighted by Crippen LogP contribution is -2.12. The van der Waals surface area contributed by atoms with E-state index in [2.05, 4.69) is 9.47 Å². The van der Waals surface area contributed by atoms with Gasteiger partial charge in [0.05, 0.1) is 13.2 Å². The van der Waals surface area contributed by atoms with Crippen LogP contribution in [-0.2, 0) is 28.7 Å². The SMILES string of the molecule is O=C(Cl)C(=O)OCCCCCCCCOC(=O)C(=O)Cl.